The van der Waals surface area contributed by atoms with Gasteiger partial charge in [0.15, 0.2) is 0 Å². The molecule has 3 aromatic rings. The zero-order valence-corrected chi connectivity index (χ0v) is 9.79. The van der Waals surface area contributed by atoms with Gasteiger partial charge in [0.1, 0.15) is 15.4 Å². The van der Waals surface area contributed by atoms with Gasteiger partial charge >= 0.3 is 0 Å². The van der Waals surface area contributed by atoms with Gasteiger partial charge in [-0.1, -0.05) is 41.1 Å². The summed E-state index contributed by atoms with van der Waals surface area (Å²) in [6.07, 6.45) is 1.77. The van der Waals surface area contributed by atoms with Crippen molar-refractivity contribution in [3.8, 4) is 10.6 Å². The molecular weight excluding hydrogens is 240 g/mol. The normalized spacial score (nSPS) is 10.8. The van der Waals surface area contributed by atoms with E-state index in [2.05, 4.69) is 9.97 Å². The number of hydrogen-bond acceptors (Lipinski definition) is 3. The summed E-state index contributed by atoms with van der Waals surface area (Å²) < 4.78 is 0. The fraction of sp³-hybridized carbons (Fsp3) is 0. The number of hydrogen-bond donors (Lipinski definition) is 0. The minimum atomic E-state index is 0.724. The predicted octanol–water partition coefficient (Wildman–Crippen LogP) is 4.01. The van der Waals surface area contributed by atoms with Gasteiger partial charge in [0.05, 0.1) is 5.02 Å². The first-order valence-corrected chi connectivity index (χ1v) is 6.00. The lowest BCUT2D eigenvalue weighted by Crippen LogP contribution is -1.76. The largest absolute Gasteiger partial charge is 0.244 e. The highest BCUT2D eigenvalue weighted by molar-refractivity contribution is 7.21. The first-order valence-electron chi connectivity index (χ1n) is 4.81. The summed E-state index contributed by atoms with van der Waals surface area (Å²) in [5, 5.41) is 1.64. The van der Waals surface area contributed by atoms with Gasteiger partial charge < -0.3 is 0 Å². The van der Waals surface area contributed by atoms with Gasteiger partial charge in [-0.05, 0) is 18.2 Å². The van der Waals surface area contributed by atoms with Gasteiger partial charge in [0.25, 0.3) is 0 Å². The molecule has 16 heavy (non-hydrogen) atoms. The van der Waals surface area contributed by atoms with Crippen molar-refractivity contribution in [1.29, 1.82) is 0 Å². The quantitative estimate of drug-likeness (QED) is 0.648. The summed E-state index contributed by atoms with van der Waals surface area (Å²) in [7, 11) is 0. The van der Waals surface area contributed by atoms with Crippen molar-refractivity contribution < 1.29 is 0 Å². The summed E-state index contributed by atoms with van der Waals surface area (Å²) >= 11 is 7.69. The second kappa shape index (κ2) is 3.85. The van der Waals surface area contributed by atoms with Crippen LogP contribution in [0.2, 0.25) is 5.02 Å². The number of halogens is 1. The van der Waals surface area contributed by atoms with E-state index < -0.39 is 0 Å². The molecule has 0 aliphatic heterocycles. The Kier molecular flexibility index (Phi) is 2.35. The molecule has 0 unspecified atom stereocenters. The van der Waals surface area contributed by atoms with E-state index in [-0.39, 0.29) is 0 Å². The number of rotatable bonds is 1. The lowest BCUT2D eigenvalue weighted by atomic mass is 10.2. The molecular formula is C12H7ClN2S. The Hall–Kier alpha value is -1.45. The molecule has 4 heteroatoms. The second-order valence-corrected chi connectivity index (χ2v) is 4.71. The minimum Gasteiger partial charge on any atom is -0.244 e. The Morgan fingerprint density at radius 1 is 1.06 bits per heavy atom. The van der Waals surface area contributed by atoms with Crippen molar-refractivity contribution in [3.05, 3.63) is 47.6 Å². The van der Waals surface area contributed by atoms with E-state index in [4.69, 9.17) is 11.6 Å². The van der Waals surface area contributed by atoms with E-state index >= 15 is 0 Å². The van der Waals surface area contributed by atoms with Gasteiger partial charge in [0.2, 0.25) is 0 Å². The van der Waals surface area contributed by atoms with Crippen molar-refractivity contribution >= 4 is 33.3 Å². The minimum absolute atomic E-state index is 0.724. The van der Waals surface area contributed by atoms with E-state index in [1.54, 1.807) is 17.5 Å². The van der Waals surface area contributed by atoms with Crippen LogP contribution in [0.15, 0.2) is 42.6 Å². The molecule has 0 amide bonds. The Bertz CT molecular complexity index is 615. The fourth-order valence-electron chi connectivity index (χ4n) is 1.52. The Balaban J connectivity index is 2.23. The molecule has 0 aliphatic carbocycles. The van der Waals surface area contributed by atoms with Gasteiger partial charge in [-0.25, -0.2) is 9.97 Å². The number of thiazole rings is 1. The molecule has 2 heterocycles. The van der Waals surface area contributed by atoms with E-state index in [1.165, 1.54) is 0 Å². The average molecular weight is 247 g/mol. The van der Waals surface area contributed by atoms with Crippen LogP contribution in [0, 0.1) is 0 Å². The first kappa shape index (κ1) is 9.75. The highest BCUT2D eigenvalue weighted by Crippen LogP contribution is 2.32. The zero-order chi connectivity index (χ0) is 11.0. The summed E-state index contributed by atoms with van der Waals surface area (Å²) in [4.78, 5) is 9.73. The predicted molar refractivity (Wildman–Crippen MR) is 67.9 cm³/mol. The van der Waals surface area contributed by atoms with Crippen LogP contribution in [-0.4, -0.2) is 9.97 Å². The fourth-order valence-corrected chi connectivity index (χ4v) is 2.75. The molecule has 0 aliphatic rings. The van der Waals surface area contributed by atoms with Crippen LogP contribution in [0.25, 0.3) is 20.9 Å². The van der Waals surface area contributed by atoms with E-state index in [0.29, 0.717) is 0 Å². The molecule has 78 valence electrons. The smallest absolute Gasteiger partial charge is 0.143 e. The molecule has 0 radical (unpaired) electrons. The third-order valence-corrected chi connectivity index (χ3v) is 3.61. The van der Waals surface area contributed by atoms with Crippen molar-refractivity contribution in [2.75, 3.05) is 0 Å². The van der Waals surface area contributed by atoms with Crippen LogP contribution in [0.5, 0.6) is 0 Å². The van der Waals surface area contributed by atoms with E-state index in [9.17, 15) is 0 Å². The van der Waals surface area contributed by atoms with Crippen LogP contribution in [0.3, 0.4) is 0 Å². The standard InChI is InChI=1S/C12H7ClN2S/c13-9-5-2-1-4-8(9)11-15-10-6-3-7-14-12(10)16-11/h1-7H. The summed E-state index contributed by atoms with van der Waals surface area (Å²) in [5.41, 5.74) is 1.88. The summed E-state index contributed by atoms with van der Waals surface area (Å²) in [6, 6.07) is 11.6. The Labute approximate surface area is 102 Å². The van der Waals surface area contributed by atoms with Gasteiger partial charge in [-0.3, -0.25) is 0 Å². The molecule has 3 rings (SSSR count). The summed E-state index contributed by atoms with van der Waals surface area (Å²) in [5.74, 6) is 0. The molecule has 0 saturated heterocycles. The van der Waals surface area contributed by atoms with Gasteiger partial charge in [-0.15, -0.1) is 0 Å². The first-order chi connectivity index (χ1) is 7.84. The molecule has 0 atom stereocenters. The third-order valence-electron chi connectivity index (χ3n) is 2.27. The zero-order valence-electron chi connectivity index (χ0n) is 8.22. The Morgan fingerprint density at radius 3 is 2.75 bits per heavy atom. The molecule has 0 bridgehead atoms. The number of aromatic nitrogens is 2. The highest BCUT2D eigenvalue weighted by Gasteiger charge is 2.08. The van der Waals surface area contributed by atoms with Crippen LogP contribution >= 0.6 is 22.9 Å². The third kappa shape index (κ3) is 1.58. The molecule has 0 saturated carbocycles. The van der Waals surface area contributed by atoms with Crippen molar-refractivity contribution in [3.63, 3.8) is 0 Å². The lowest BCUT2D eigenvalue weighted by Gasteiger charge is -1.97. The molecule has 0 fully saturated rings. The van der Waals surface area contributed by atoms with Crippen molar-refractivity contribution in [1.82, 2.24) is 9.97 Å². The van der Waals surface area contributed by atoms with Gasteiger partial charge in [0, 0.05) is 11.8 Å². The van der Waals surface area contributed by atoms with Crippen LogP contribution in [0.1, 0.15) is 0 Å². The maximum atomic E-state index is 6.13. The van der Waals surface area contributed by atoms with Crippen LogP contribution in [-0.2, 0) is 0 Å². The van der Waals surface area contributed by atoms with Gasteiger partial charge in [-0.2, -0.15) is 0 Å². The molecule has 2 nitrogen and oxygen atoms in total. The average Bonchev–Trinajstić information content (AvgIpc) is 2.73. The van der Waals surface area contributed by atoms with E-state index in [0.717, 1.165) is 25.9 Å². The van der Waals surface area contributed by atoms with Crippen molar-refractivity contribution in [2.24, 2.45) is 0 Å². The highest BCUT2D eigenvalue weighted by atomic mass is 35.5. The number of benzene rings is 1. The van der Waals surface area contributed by atoms with Crippen molar-refractivity contribution in [2.45, 2.75) is 0 Å². The monoisotopic (exact) mass is 246 g/mol. The maximum absolute atomic E-state index is 6.13. The number of nitrogens with zero attached hydrogens (tertiary/aromatic N) is 2. The Morgan fingerprint density at radius 2 is 1.94 bits per heavy atom. The SMILES string of the molecule is Clc1ccccc1-c1nc2cccnc2s1. The molecule has 0 N–H and O–H groups in total. The van der Waals surface area contributed by atoms with E-state index in [1.807, 2.05) is 36.4 Å². The molecule has 1 aromatic carbocycles. The number of fused-ring (bicyclic) bond motifs is 1. The molecule has 2 aromatic heterocycles. The topological polar surface area (TPSA) is 25.8 Å². The molecule has 0 spiro atoms. The maximum Gasteiger partial charge on any atom is 0.143 e. The number of pyridine rings is 1. The second-order valence-electron chi connectivity index (χ2n) is 3.33. The van der Waals surface area contributed by atoms with Crippen LogP contribution < -0.4 is 0 Å². The van der Waals surface area contributed by atoms with Crippen LogP contribution in [0.4, 0.5) is 0 Å². The summed E-state index contributed by atoms with van der Waals surface area (Å²) in [6.45, 7) is 0. The lowest BCUT2D eigenvalue weighted by molar-refractivity contribution is 1.41.